The zero-order chi connectivity index (χ0) is 32.3. The summed E-state index contributed by atoms with van der Waals surface area (Å²) in [5.74, 6) is -0.906. The summed E-state index contributed by atoms with van der Waals surface area (Å²) in [5.41, 5.74) is 12.6. The normalized spacial score (nSPS) is 24.4. The number of nitrogens with two attached hydrogens (primary N) is 2. The van der Waals surface area contributed by atoms with Gasteiger partial charge in [-0.15, -0.1) is 0 Å². The van der Waals surface area contributed by atoms with E-state index in [1.165, 1.54) is 10.5 Å². The van der Waals surface area contributed by atoms with Gasteiger partial charge in [-0.3, -0.25) is 24.2 Å². The number of hydrogen-bond acceptors (Lipinski definition) is 8. The lowest BCUT2D eigenvalue weighted by Gasteiger charge is -2.54. The lowest BCUT2D eigenvalue weighted by Crippen LogP contribution is -2.58. The first-order chi connectivity index (χ1) is 21.5. The van der Waals surface area contributed by atoms with Crippen molar-refractivity contribution in [2.45, 2.75) is 82.3 Å². The van der Waals surface area contributed by atoms with Gasteiger partial charge >= 0.3 is 12.1 Å². The van der Waals surface area contributed by atoms with Crippen molar-refractivity contribution in [2.24, 2.45) is 28.3 Å². The molecule has 7 N–H and O–H groups in total. The Hall–Kier alpha value is -4.36. The van der Waals surface area contributed by atoms with E-state index in [-0.39, 0.29) is 43.2 Å². The number of guanidine groups is 1. The van der Waals surface area contributed by atoms with Crippen LogP contribution in [0.5, 0.6) is 11.5 Å². The summed E-state index contributed by atoms with van der Waals surface area (Å²) in [7, 11) is 0. The second-order valence-corrected chi connectivity index (χ2v) is 12.3. The third kappa shape index (κ3) is 6.40. The molecule has 5 atom stereocenters. The number of aliphatic carboxylic acids is 1. The molecule has 1 aromatic rings. The number of likely N-dealkylation sites (N-methyl/N-ethyl adjacent to an activating group) is 1. The standard InChI is InChI=1S/C31H42N6O8/c1-2-37(14-13-34-28(42)20(6-4-12-35-29(32)33)36-23(39)16-24(40)41)30(43)44-22-10-7-18-15-17-5-3-11-31-19(17)8-9-21(38)27(31)45-26(22)25(18)31/h7,10,17,19-20,27H,2-6,8-9,11-16H2,1H3,(H,34,42)(H,36,39)(H,40,41)(H4,32,33,35)/t17-,19?,20+,27+,31+/m1/s1. The number of hydrogen-bond donors (Lipinski definition) is 5. The van der Waals surface area contributed by atoms with E-state index >= 15 is 0 Å². The molecule has 2 bridgehead atoms. The Labute approximate surface area is 261 Å². The largest absolute Gasteiger partial charge is 0.481 e. The first kappa shape index (κ1) is 32.0. The fraction of sp³-hybridized carbons (Fsp3) is 0.613. The van der Waals surface area contributed by atoms with Gasteiger partial charge in [-0.2, -0.15) is 0 Å². The summed E-state index contributed by atoms with van der Waals surface area (Å²) in [6.45, 7) is 2.46. The van der Waals surface area contributed by atoms with Crippen LogP contribution in [0.3, 0.4) is 0 Å². The van der Waals surface area contributed by atoms with Crippen LogP contribution in [0.2, 0.25) is 0 Å². The summed E-state index contributed by atoms with van der Waals surface area (Å²) in [6, 6.07) is 2.74. The Morgan fingerprint density at radius 3 is 2.78 bits per heavy atom. The molecule has 3 aliphatic carbocycles. The van der Waals surface area contributed by atoms with Crippen molar-refractivity contribution < 1.29 is 38.6 Å². The van der Waals surface area contributed by atoms with Gasteiger partial charge in [-0.25, -0.2) is 4.79 Å². The molecule has 1 heterocycles. The highest BCUT2D eigenvalue weighted by atomic mass is 16.6. The maximum atomic E-state index is 13.3. The molecule has 0 saturated heterocycles. The van der Waals surface area contributed by atoms with Gasteiger partial charge in [0.2, 0.25) is 11.8 Å². The number of ether oxygens (including phenoxy) is 2. The summed E-state index contributed by atoms with van der Waals surface area (Å²) < 4.78 is 12.3. The van der Waals surface area contributed by atoms with Gasteiger partial charge in [0.05, 0.1) is 0 Å². The first-order valence-electron chi connectivity index (χ1n) is 15.7. The third-order valence-corrected chi connectivity index (χ3v) is 9.68. The van der Waals surface area contributed by atoms with E-state index in [9.17, 15) is 24.0 Å². The number of benzene rings is 1. The van der Waals surface area contributed by atoms with Crippen molar-refractivity contribution >= 4 is 35.6 Å². The number of ketones is 1. The summed E-state index contributed by atoms with van der Waals surface area (Å²) in [4.78, 5) is 67.6. The van der Waals surface area contributed by atoms with Crippen LogP contribution >= 0.6 is 0 Å². The molecule has 14 nitrogen and oxygen atoms in total. The zero-order valence-corrected chi connectivity index (χ0v) is 25.5. The number of nitrogens with zero attached hydrogens (tertiary/aromatic N) is 2. The van der Waals surface area contributed by atoms with Gasteiger partial charge < -0.3 is 41.6 Å². The van der Waals surface area contributed by atoms with Crippen LogP contribution in [-0.2, 0) is 31.0 Å². The van der Waals surface area contributed by atoms with Crippen molar-refractivity contribution in [3.8, 4) is 11.5 Å². The summed E-state index contributed by atoms with van der Waals surface area (Å²) >= 11 is 0. The first-order valence-corrected chi connectivity index (χ1v) is 15.7. The second-order valence-electron chi connectivity index (χ2n) is 12.3. The minimum Gasteiger partial charge on any atom is -0.481 e. The van der Waals surface area contributed by atoms with Crippen LogP contribution < -0.4 is 31.6 Å². The molecule has 1 aliphatic heterocycles. The summed E-state index contributed by atoms with van der Waals surface area (Å²) in [5, 5.41) is 14.0. The molecule has 244 valence electrons. The van der Waals surface area contributed by atoms with Crippen molar-refractivity contribution in [1.29, 1.82) is 0 Å². The van der Waals surface area contributed by atoms with Gasteiger partial charge in [0.15, 0.2) is 29.3 Å². The summed E-state index contributed by atoms with van der Waals surface area (Å²) in [6.07, 6.45) is 4.04. The van der Waals surface area contributed by atoms with Crippen LogP contribution in [0.4, 0.5) is 4.79 Å². The highest BCUT2D eigenvalue weighted by Gasteiger charge is 2.64. The number of amides is 3. The van der Waals surface area contributed by atoms with E-state index < -0.39 is 42.4 Å². The second kappa shape index (κ2) is 13.3. The fourth-order valence-electron chi connectivity index (χ4n) is 7.87. The molecule has 2 fully saturated rings. The molecular formula is C31H42N6O8. The number of carbonyl (C=O) groups is 5. The molecule has 4 aliphatic rings. The zero-order valence-electron chi connectivity index (χ0n) is 25.5. The van der Waals surface area contributed by atoms with Gasteiger partial charge in [-0.1, -0.05) is 12.5 Å². The Morgan fingerprint density at radius 1 is 1.24 bits per heavy atom. The van der Waals surface area contributed by atoms with Crippen LogP contribution in [0.15, 0.2) is 17.1 Å². The monoisotopic (exact) mass is 626 g/mol. The van der Waals surface area contributed by atoms with E-state index in [1.807, 2.05) is 6.07 Å². The average molecular weight is 627 g/mol. The number of carbonyl (C=O) groups excluding carboxylic acids is 4. The number of Topliss-reactive ketones (excluding diaryl/α,β-unsaturated/α-hetero) is 1. The lowest BCUT2D eigenvalue weighted by atomic mass is 9.48. The van der Waals surface area contributed by atoms with E-state index in [2.05, 4.69) is 15.6 Å². The molecule has 2 saturated carbocycles. The SMILES string of the molecule is CCN(CCNC(=O)[C@H](CCCN=C(N)N)NC(=O)CC(=O)O)C(=O)Oc1ccc2c3c1O[C@H]1C(=O)CCC4[C@H](CCC[C@@]341)C2. The highest BCUT2D eigenvalue weighted by Crippen LogP contribution is 2.65. The smallest absolute Gasteiger partial charge is 0.415 e. The van der Waals surface area contributed by atoms with Gasteiger partial charge in [-0.05, 0) is 68.9 Å². The van der Waals surface area contributed by atoms with Crippen LogP contribution in [0.1, 0.15) is 69.4 Å². The van der Waals surface area contributed by atoms with Crippen LogP contribution in [-0.4, -0.2) is 84.0 Å². The van der Waals surface area contributed by atoms with Crippen molar-refractivity contribution in [1.82, 2.24) is 15.5 Å². The number of carboxylic acid groups (broad SMARTS) is 1. The lowest BCUT2D eigenvalue weighted by molar-refractivity contribution is -0.142. The molecule has 1 unspecified atom stereocenters. The van der Waals surface area contributed by atoms with Gasteiger partial charge in [0.25, 0.3) is 0 Å². The topological polar surface area (TPSA) is 216 Å². The Morgan fingerprint density at radius 2 is 2.04 bits per heavy atom. The fourth-order valence-corrected chi connectivity index (χ4v) is 7.87. The maximum Gasteiger partial charge on any atom is 0.415 e. The van der Waals surface area contributed by atoms with Crippen molar-refractivity contribution in [3.05, 3.63) is 23.3 Å². The van der Waals surface area contributed by atoms with Gasteiger partial charge in [0, 0.05) is 43.6 Å². The molecule has 0 aromatic heterocycles. The van der Waals surface area contributed by atoms with Crippen LogP contribution in [0, 0.1) is 11.8 Å². The molecule has 1 spiro atoms. The number of aliphatic imine (C=N–C) groups is 1. The van der Waals surface area contributed by atoms with Crippen LogP contribution in [0.25, 0.3) is 0 Å². The Bertz CT molecular complexity index is 1390. The van der Waals surface area contributed by atoms with E-state index in [1.54, 1.807) is 13.0 Å². The number of rotatable bonds is 13. The number of nitrogens with one attached hydrogen (secondary N) is 2. The molecule has 14 heteroatoms. The van der Waals surface area contributed by atoms with E-state index in [4.69, 9.17) is 26.0 Å². The molecule has 45 heavy (non-hydrogen) atoms. The van der Waals surface area contributed by atoms with E-state index in [0.717, 1.165) is 37.7 Å². The Balaban J connectivity index is 1.22. The van der Waals surface area contributed by atoms with Crippen molar-refractivity contribution in [2.75, 3.05) is 26.2 Å². The maximum absolute atomic E-state index is 13.3. The Kier molecular flexibility index (Phi) is 9.49. The average Bonchev–Trinajstić information content (AvgIpc) is 3.33. The minimum atomic E-state index is -1.32. The van der Waals surface area contributed by atoms with Crippen molar-refractivity contribution in [3.63, 3.8) is 0 Å². The van der Waals surface area contributed by atoms with E-state index in [0.29, 0.717) is 42.7 Å². The predicted octanol–water partition coefficient (Wildman–Crippen LogP) is 0.971. The molecular weight excluding hydrogens is 584 g/mol. The molecule has 5 rings (SSSR count). The predicted molar refractivity (Wildman–Crippen MR) is 162 cm³/mol. The minimum absolute atomic E-state index is 0.0529. The molecule has 0 radical (unpaired) electrons. The molecule has 3 amide bonds. The third-order valence-electron chi connectivity index (χ3n) is 9.68. The van der Waals surface area contributed by atoms with Gasteiger partial charge in [0.1, 0.15) is 12.5 Å². The molecule has 1 aromatic carbocycles. The highest BCUT2D eigenvalue weighted by molar-refractivity contribution is 5.96. The number of carboxylic acids is 1. The quantitative estimate of drug-likeness (QED) is 0.0905.